The Labute approximate surface area is 255 Å². The van der Waals surface area contributed by atoms with Gasteiger partial charge < -0.3 is 24.0 Å². The normalized spacial score (nSPS) is 11.3. The number of carbonyl (C=O) groups is 2. The van der Waals surface area contributed by atoms with Crippen LogP contribution >= 0.6 is 0 Å². The van der Waals surface area contributed by atoms with E-state index in [1.165, 1.54) is 12.2 Å². The van der Waals surface area contributed by atoms with Gasteiger partial charge in [0.05, 0.1) is 13.2 Å². The summed E-state index contributed by atoms with van der Waals surface area (Å²) < 4.78 is 15.8. The smallest absolute Gasteiger partial charge is 0.348 e. The highest BCUT2D eigenvalue weighted by Gasteiger charge is 2.12. The molecule has 2 aromatic rings. The van der Waals surface area contributed by atoms with Gasteiger partial charge in [0.2, 0.25) is 0 Å². The first-order valence-electron chi connectivity index (χ1n) is 14.8. The van der Waals surface area contributed by atoms with E-state index in [0.29, 0.717) is 13.2 Å². The molecular formula is C34H42N4O5. The Balaban J connectivity index is 1.78. The van der Waals surface area contributed by atoms with Crippen molar-refractivity contribution in [2.45, 2.75) is 40.5 Å². The molecule has 0 N–H and O–H groups in total. The molecule has 0 amide bonds. The van der Waals surface area contributed by atoms with Crippen molar-refractivity contribution >= 4 is 35.5 Å². The van der Waals surface area contributed by atoms with E-state index in [2.05, 4.69) is 23.6 Å². The molecule has 2 aromatic carbocycles. The maximum Gasteiger partial charge on any atom is 0.348 e. The number of hydrogen-bond donors (Lipinski definition) is 0. The zero-order valence-corrected chi connectivity index (χ0v) is 25.7. The molecule has 0 aliphatic heterocycles. The van der Waals surface area contributed by atoms with Crippen molar-refractivity contribution in [2.75, 3.05) is 62.4 Å². The Hall–Kier alpha value is -4.60. The fourth-order valence-electron chi connectivity index (χ4n) is 4.34. The molecule has 0 unspecified atom stereocenters. The Morgan fingerprint density at radius 1 is 0.674 bits per heavy atom. The van der Waals surface area contributed by atoms with Crippen LogP contribution < -0.4 is 9.80 Å². The van der Waals surface area contributed by atoms with Crippen LogP contribution in [0, 0.1) is 22.7 Å². The largest absolute Gasteiger partial charge is 0.462 e. The average Bonchev–Trinajstić information content (AvgIpc) is 3.03. The number of anilines is 2. The standard InChI is InChI=1S/C34H42N4O5/c1-5-37(31-15-11-27(12-16-31)23-29(25-35)33(39)42-7-3)19-9-21-41-22-10-20-38(6-2)32-17-13-28(14-18-32)24-30(26-36)34(40)43-8-4/h11-18,23-24H,5-10,19-22H2,1-4H3/b29-23+,30-24+. The highest BCUT2D eigenvalue weighted by Crippen LogP contribution is 2.19. The van der Waals surface area contributed by atoms with Gasteiger partial charge in [0, 0.05) is 50.8 Å². The summed E-state index contributed by atoms with van der Waals surface area (Å²) in [5, 5.41) is 18.5. The lowest BCUT2D eigenvalue weighted by molar-refractivity contribution is -0.138. The van der Waals surface area contributed by atoms with Gasteiger partial charge in [0.1, 0.15) is 23.3 Å². The summed E-state index contributed by atoms with van der Waals surface area (Å²) in [6.45, 7) is 12.8. The van der Waals surface area contributed by atoms with Crippen molar-refractivity contribution in [3.63, 3.8) is 0 Å². The van der Waals surface area contributed by atoms with Gasteiger partial charge in [0.15, 0.2) is 0 Å². The first kappa shape index (κ1) is 34.6. The summed E-state index contributed by atoms with van der Waals surface area (Å²) >= 11 is 0. The number of benzene rings is 2. The van der Waals surface area contributed by atoms with Crippen LogP contribution in [-0.2, 0) is 23.8 Å². The molecule has 9 nitrogen and oxygen atoms in total. The number of rotatable bonds is 18. The summed E-state index contributed by atoms with van der Waals surface area (Å²) in [5.74, 6) is -1.23. The van der Waals surface area contributed by atoms with E-state index in [0.717, 1.165) is 61.5 Å². The minimum Gasteiger partial charge on any atom is -0.462 e. The van der Waals surface area contributed by atoms with Crippen molar-refractivity contribution in [1.82, 2.24) is 0 Å². The molecule has 0 spiro atoms. The third-order valence-electron chi connectivity index (χ3n) is 6.57. The minimum atomic E-state index is -0.613. The molecule has 228 valence electrons. The van der Waals surface area contributed by atoms with Crippen LogP contribution in [0.5, 0.6) is 0 Å². The number of nitriles is 2. The average molecular weight is 587 g/mol. The molecule has 0 radical (unpaired) electrons. The fraction of sp³-hybridized carbons (Fsp3) is 0.412. The second-order valence-electron chi connectivity index (χ2n) is 9.44. The SMILES string of the molecule is CCOC(=O)/C(C#N)=C/c1ccc(N(CC)CCCOCCCN(CC)c2ccc(/C=C(\C#N)C(=O)OCC)cc2)cc1. The van der Waals surface area contributed by atoms with Crippen LogP contribution in [-0.4, -0.2) is 64.5 Å². The van der Waals surface area contributed by atoms with Crippen molar-refractivity contribution in [2.24, 2.45) is 0 Å². The molecule has 0 atom stereocenters. The van der Waals surface area contributed by atoms with Gasteiger partial charge in [-0.15, -0.1) is 0 Å². The van der Waals surface area contributed by atoms with Gasteiger partial charge in [-0.1, -0.05) is 24.3 Å². The Morgan fingerprint density at radius 2 is 1.05 bits per heavy atom. The second kappa shape index (κ2) is 19.5. The monoisotopic (exact) mass is 586 g/mol. The molecule has 0 saturated carbocycles. The van der Waals surface area contributed by atoms with Crippen molar-refractivity contribution < 1.29 is 23.8 Å². The summed E-state index contributed by atoms with van der Waals surface area (Å²) in [5.41, 5.74) is 3.63. The molecule has 0 heterocycles. The fourth-order valence-corrected chi connectivity index (χ4v) is 4.34. The molecule has 9 heteroatoms. The van der Waals surface area contributed by atoms with E-state index in [9.17, 15) is 20.1 Å². The molecule has 0 bridgehead atoms. The summed E-state index contributed by atoms with van der Waals surface area (Å²) in [6.07, 6.45) is 4.86. The van der Waals surface area contributed by atoms with Gasteiger partial charge >= 0.3 is 11.9 Å². The number of nitrogens with zero attached hydrogens (tertiary/aromatic N) is 4. The lowest BCUT2D eigenvalue weighted by Crippen LogP contribution is -2.26. The van der Waals surface area contributed by atoms with Crippen molar-refractivity contribution in [3.05, 3.63) is 70.8 Å². The molecule has 0 saturated heterocycles. The summed E-state index contributed by atoms with van der Waals surface area (Å²) in [7, 11) is 0. The predicted molar refractivity (Wildman–Crippen MR) is 169 cm³/mol. The maximum atomic E-state index is 11.9. The lowest BCUT2D eigenvalue weighted by Gasteiger charge is -2.24. The highest BCUT2D eigenvalue weighted by molar-refractivity contribution is 5.98. The quantitative estimate of drug-likeness (QED) is 0.0928. The van der Waals surface area contributed by atoms with E-state index in [1.807, 2.05) is 60.7 Å². The van der Waals surface area contributed by atoms with Crippen LogP contribution in [0.4, 0.5) is 11.4 Å². The first-order valence-corrected chi connectivity index (χ1v) is 14.8. The molecule has 0 aromatic heterocycles. The number of esters is 2. The van der Waals surface area contributed by atoms with E-state index in [4.69, 9.17) is 14.2 Å². The van der Waals surface area contributed by atoms with Crippen LogP contribution in [0.3, 0.4) is 0 Å². The number of ether oxygens (including phenoxy) is 3. The Morgan fingerprint density at radius 3 is 1.35 bits per heavy atom. The Bertz CT molecular complexity index is 1200. The first-order chi connectivity index (χ1) is 20.9. The van der Waals surface area contributed by atoms with Crippen molar-refractivity contribution in [1.29, 1.82) is 10.5 Å². The summed E-state index contributed by atoms with van der Waals surface area (Å²) in [4.78, 5) is 28.2. The minimum absolute atomic E-state index is 0.0191. The summed E-state index contributed by atoms with van der Waals surface area (Å²) in [6, 6.07) is 19.3. The number of hydrogen-bond acceptors (Lipinski definition) is 9. The van der Waals surface area contributed by atoms with Crippen molar-refractivity contribution in [3.8, 4) is 12.1 Å². The molecule has 0 aliphatic rings. The van der Waals surface area contributed by atoms with Gasteiger partial charge in [-0.3, -0.25) is 0 Å². The third kappa shape index (κ3) is 11.7. The van der Waals surface area contributed by atoms with Gasteiger partial charge in [-0.25, -0.2) is 9.59 Å². The molecular weight excluding hydrogens is 544 g/mol. The predicted octanol–water partition coefficient (Wildman–Crippen LogP) is 5.78. The van der Waals surface area contributed by atoms with Gasteiger partial charge in [0.25, 0.3) is 0 Å². The van der Waals surface area contributed by atoms with E-state index in [1.54, 1.807) is 13.8 Å². The zero-order valence-electron chi connectivity index (χ0n) is 25.7. The lowest BCUT2D eigenvalue weighted by atomic mass is 10.1. The zero-order chi connectivity index (χ0) is 31.5. The van der Waals surface area contributed by atoms with E-state index >= 15 is 0 Å². The van der Waals surface area contributed by atoms with Crippen LogP contribution in [0.25, 0.3) is 12.2 Å². The maximum absolute atomic E-state index is 11.9. The van der Waals surface area contributed by atoms with Crippen LogP contribution in [0.15, 0.2) is 59.7 Å². The van der Waals surface area contributed by atoms with E-state index in [-0.39, 0.29) is 24.4 Å². The second-order valence-corrected chi connectivity index (χ2v) is 9.44. The van der Waals surface area contributed by atoms with Gasteiger partial charge in [-0.2, -0.15) is 10.5 Å². The van der Waals surface area contributed by atoms with E-state index < -0.39 is 11.9 Å². The molecule has 0 aliphatic carbocycles. The third-order valence-corrected chi connectivity index (χ3v) is 6.57. The highest BCUT2D eigenvalue weighted by atomic mass is 16.5. The van der Waals surface area contributed by atoms with Crippen LogP contribution in [0.1, 0.15) is 51.7 Å². The topological polar surface area (TPSA) is 116 Å². The molecule has 2 rings (SSSR count). The Kier molecular flexibility index (Phi) is 15.7. The van der Waals surface area contributed by atoms with Crippen LogP contribution in [0.2, 0.25) is 0 Å². The molecule has 0 fully saturated rings. The number of carbonyl (C=O) groups excluding carboxylic acids is 2. The van der Waals surface area contributed by atoms with Gasteiger partial charge in [-0.05, 0) is 88.1 Å². The molecule has 43 heavy (non-hydrogen) atoms.